The second kappa shape index (κ2) is 51.0. The van der Waals surface area contributed by atoms with Crippen molar-refractivity contribution in [1.82, 2.24) is 0 Å². The van der Waals surface area contributed by atoms with E-state index in [-0.39, 0.29) is 18.0 Å². The van der Waals surface area contributed by atoms with E-state index in [0.29, 0.717) is 19.4 Å². The van der Waals surface area contributed by atoms with E-state index >= 15 is 0 Å². The summed E-state index contributed by atoms with van der Waals surface area (Å²) in [5.74, 6) is -0.00897. The SMILES string of the molecule is CCCCCCCCCCCCCC(=O)OC(C)C.CCCCCCCCCCCCCCCCCC(=O)OCCCCCCCCCCCCCCCC. The molecule has 55 heavy (non-hydrogen) atoms. The summed E-state index contributed by atoms with van der Waals surface area (Å²) in [6.45, 7) is 11.3. The maximum atomic E-state index is 11.9. The van der Waals surface area contributed by atoms with E-state index in [1.54, 1.807) is 0 Å². The number of carbonyl (C=O) groups is 2. The van der Waals surface area contributed by atoms with Crippen molar-refractivity contribution in [3.05, 3.63) is 0 Å². The van der Waals surface area contributed by atoms with Crippen LogP contribution in [-0.4, -0.2) is 24.6 Å². The highest BCUT2D eigenvalue weighted by atomic mass is 16.5. The van der Waals surface area contributed by atoms with Gasteiger partial charge in [0, 0.05) is 12.8 Å². The maximum Gasteiger partial charge on any atom is 0.306 e. The Hall–Kier alpha value is -1.06. The molecule has 0 atom stereocenters. The van der Waals surface area contributed by atoms with E-state index in [4.69, 9.17) is 9.47 Å². The third kappa shape index (κ3) is 55.1. The predicted molar refractivity (Wildman–Crippen MR) is 243 cm³/mol. The van der Waals surface area contributed by atoms with E-state index in [1.165, 1.54) is 238 Å². The van der Waals surface area contributed by atoms with Gasteiger partial charge in [0.25, 0.3) is 0 Å². The molecule has 0 radical (unpaired) electrons. The van der Waals surface area contributed by atoms with E-state index < -0.39 is 0 Å². The average molecular weight is 779 g/mol. The van der Waals surface area contributed by atoms with Crippen LogP contribution in [0.15, 0.2) is 0 Å². The van der Waals surface area contributed by atoms with Crippen molar-refractivity contribution in [2.24, 2.45) is 0 Å². The van der Waals surface area contributed by atoms with Crippen LogP contribution in [0.25, 0.3) is 0 Å². The van der Waals surface area contributed by atoms with Crippen molar-refractivity contribution in [1.29, 1.82) is 0 Å². The lowest BCUT2D eigenvalue weighted by Gasteiger charge is -2.07. The molecule has 4 nitrogen and oxygen atoms in total. The fraction of sp³-hybridized carbons (Fsp3) is 0.961. The Bertz CT molecular complexity index is 684. The summed E-state index contributed by atoms with van der Waals surface area (Å²) in [6.07, 6.45) is 55.2. The third-order valence-electron chi connectivity index (χ3n) is 11.1. The van der Waals surface area contributed by atoms with Crippen molar-refractivity contribution in [3.8, 4) is 0 Å². The normalized spacial score (nSPS) is 11.2. The van der Waals surface area contributed by atoms with Crippen molar-refractivity contribution < 1.29 is 19.1 Å². The zero-order valence-corrected chi connectivity index (χ0v) is 38.6. The number of ether oxygens (including phenoxy) is 2. The molecule has 0 aliphatic heterocycles. The number of hydrogen-bond acceptors (Lipinski definition) is 4. The van der Waals surface area contributed by atoms with Gasteiger partial charge in [-0.05, 0) is 33.1 Å². The van der Waals surface area contributed by atoms with Crippen molar-refractivity contribution in [2.45, 2.75) is 310 Å². The molecule has 4 heteroatoms. The van der Waals surface area contributed by atoms with Crippen LogP contribution in [0.4, 0.5) is 0 Å². The van der Waals surface area contributed by atoms with Crippen LogP contribution in [0.2, 0.25) is 0 Å². The molecule has 330 valence electrons. The first kappa shape index (κ1) is 56.0. The van der Waals surface area contributed by atoms with Gasteiger partial charge in [0.1, 0.15) is 0 Å². The Morgan fingerprint density at radius 3 is 0.782 bits per heavy atom. The molecule has 0 aromatic heterocycles. The van der Waals surface area contributed by atoms with E-state index in [1.807, 2.05) is 13.8 Å². The summed E-state index contributed by atoms with van der Waals surface area (Å²) in [7, 11) is 0. The first-order valence-electron chi connectivity index (χ1n) is 25.3. The molecule has 0 aromatic rings. The largest absolute Gasteiger partial charge is 0.466 e. The zero-order chi connectivity index (χ0) is 40.6. The highest BCUT2D eigenvalue weighted by molar-refractivity contribution is 5.69. The molecular weight excluding hydrogens is 677 g/mol. The minimum Gasteiger partial charge on any atom is -0.466 e. The number of rotatable bonds is 44. The van der Waals surface area contributed by atoms with Gasteiger partial charge in [-0.2, -0.15) is 0 Å². The quantitative estimate of drug-likeness (QED) is 0.0457. The minimum atomic E-state index is -0.0362. The monoisotopic (exact) mass is 779 g/mol. The van der Waals surface area contributed by atoms with Gasteiger partial charge in [-0.3, -0.25) is 9.59 Å². The van der Waals surface area contributed by atoms with Gasteiger partial charge in [-0.25, -0.2) is 0 Å². The first-order chi connectivity index (χ1) is 27.0. The van der Waals surface area contributed by atoms with Crippen LogP contribution in [0.3, 0.4) is 0 Å². The molecule has 0 unspecified atom stereocenters. The number of carbonyl (C=O) groups excluding carboxylic acids is 2. The molecule has 0 aliphatic rings. The molecule has 0 aliphatic carbocycles. The molecule has 0 saturated carbocycles. The molecule has 0 rings (SSSR count). The van der Waals surface area contributed by atoms with E-state index in [0.717, 1.165) is 19.3 Å². The molecule has 0 heterocycles. The van der Waals surface area contributed by atoms with Gasteiger partial charge in [0.15, 0.2) is 0 Å². The Labute approximate surface area is 347 Å². The second-order valence-electron chi connectivity index (χ2n) is 17.3. The second-order valence-corrected chi connectivity index (χ2v) is 17.3. The van der Waals surface area contributed by atoms with Crippen LogP contribution >= 0.6 is 0 Å². The number of unbranched alkanes of at least 4 members (excludes halogenated alkanes) is 37. The maximum absolute atomic E-state index is 11.9. The summed E-state index contributed by atoms with van der Waals surface area (Å²) >= 11 is 0. The lowest BCUT2D eigenvalue weighted by Crippen LogP contribution is -2.10. The van der Waals surface area contributed by atoms with Gasteiger partial charge in [0.2, 0.25) is 0 Å². The fourth-order valence-corrected chi connectivity index (χ4v) is 7.45. The Kier molecular flexibility index (Phi) is 51.9. The highest BCUT2D eigenvalue weighted by Gasteiger charge is 2.05. The highest BCUT2D eigenvalue weighted by Crippen LogP contribution is 2.16. The van der Waals surface area contributed by atoms with Crippen molar-refractivity contribution in [2.75, 3.05) is 6.61 Å². The summed E-state index contributed by atoms with van der Waals surface area (Å²) in [4.78, 5) is 23.2. The molecule has 0 spiro atoms. The summed E-state index contributed by atoms with van der Waals surface area (Å²) in [6, 6.07) is 0. The Morgan fingerprint density at radius 2 is 0.527 bits per heavy atom. The van der Waals surface area contributed by atoms with Crippen LogP contribution in [0.1, 0.15) is 304 Å². The molecule has 0 saturated heterocycles. The molecule has 0 fully saturated rings. The molecule has 0 bridgehead atoms. The molecular formula is C51H102O4. The van der Waals surface area contributed by atoms with Gasteiger partial charge < -0.3 is 9.47 Å². The Morgan fingerprint density at radius 1 is 0.309 bits per heavy atom. The van der Waals surface area contributed by atoms with Crippen LogP contribution in [-0.2, 0) is 19.1 Å². The van der Waals surface area contributed by atoms with Crippen molar-refractivity contribution >= 4 is 11.9 Å². The smallest absolute Gasteiger partial charge is 0.306 e. The van der Waals surface area contributed by atoms with Gasteiger partial charge >= 0.3 is 11.9 Å². The topological polar surface area (TPSA) is 52.6 Å². The Balaban J connectivity index is 0. The minimum absolute atomic E-state index is 0.0272. The first-order valence-corrected chi connectivity index (χ1v) is 25.3. The van der Waals surface area contributed by atoms with Crippen LogP contribution in [0, 0.1) is 0 Å². The number of esters is 2. The third-order valence-corrected chi connectivity index (χ3v) is 11.1. The van der Waals surface area contributed by atoms with Gasteiger partial charge in [-0.1, -0.05) is 258 Å². The fourth-order valence-electron chi connectivity index (χ4n) is 7.45. The van der Waals surface area contributed by atoms with Gasteiger partial charge in [-0.15, -0.1) is 0 Å². The summed E-state index contributed by atoms with van der Waals surface area (Å²) in [5.41, 5.74) is 0. The number of hydrogen-bond donors (Lipinski definition) is 0. The molecule has 0 amide bonds. The standard InChI is InChI=1S/C34H68O2.C17H34O2/c1-3-5-7-9-11-13-15-17-19-20-22-24-26-28-30-32-34(35)36-33-31-29-27-25-23-21-18-16-14-12-10-8-6-4-2;1-4-5-6-7-8-9-10-11-12-13-14-15-17(18)19-16(2)3/h3-33H2,1-2H3;16H,4-15H2,1-3H3. The zero-order valence-electron chi connectivity index (χ0n) is 38.6. The predicted octanol–water partition coefficient (Wildman–Crippen LogP) is 17.9. The summed E-state index contributed by atoms with van der Waals surface area (Å²) in [5, 5.41) is 0. The molecule has 0 N–H and O–H groups in total. The average Bonchev–Trinajstić information content (AvgIpc) is 3.17. The van der Waals surface area contributed by atoms with Crippen LogP contribution < -0.4 is 0 Å². The van der Waals surface area contributed by atoms with Crippen LogP contribution in [0.5, 0.6) is 0 Å². The van der Waals surface area contributed by atoms with Gasteiger partial charge in [0.05, 0.1) is 12.7 Å². The van der Waals surface area contributed by atoms with E-state index in [9.17, 15) is 9.59 Å². The molecule has 0 aromatic carbocycles. The lowest BCUT2D eigenvalue weighted by atomic mass is 10.0. The van der Waals surface area contributed by atoms with Crippen molar-refractivity contribution in [3.63, 3.8) is 0 Å². The lowest BCUT2D eigenvalue weighted by molar-refractivity contribution is -0.147. The summed E-state index contributed by atoms with van der Waals surface area (Å²) < 4.78 is 10.5. The van der Waals surface area contributed by atoms with E-state index in [2.05, 4.69) is 20.8 Å².